The van der Waals surface area contributed by atoms with E-state index in [1.807, 2.05) is 0 Å². The molecule has 0 radical (unpaired) electrons. The summed E-state index contributed by atoms with van der Waals surface area (Å²) in [7, 11) is 0. The van der Waals surface area contributed by atoms with Gasteiger partial charge in [-0.25, -0.2) is 9.29 Å². The molecule has 3 unspecified atom stereocenters. The van der Waals surface area contributed by atoms with Gasteiger partial charge in [-0.15, -0.1) is 0 Å². The van der Waals surface area contributed by atoms with Crippen LogP contribution in [0, 0.1) is 11.7 Å². The molecule has 208 valence electrons. The molecule has 13 heteroatoms. The molecule has 1 fully saturated rings. The van der Waals surface area contributed by atoms with Crippen LogP contribution >= 0.6 is 62.2 Å². The van der Waals surface area contributed by atoms with Crippen LogP contribution in [0.25, 0.3) is 0 Å². The number of hydrogen-bond donors (Lipinski definition) is 1. The summed E-state index contributed by atoms with van der Waals surface area (Å²) < 4.78 is 16.0. The molecule has 0 bridgehead atoms. The third-order valence-electron chi connectivity index (χ3n) is 6.87. The number of thioether (sulfide) groups is 1. The van der Waals surface area contributed by atoms with Crippen LogP contribution in [0.3, 0.4) is 0 Å². The summed E-state index contributed by atoms with van der Waals surface area (Å²) in [5.41, 5.74) is 1.42. The summed E-state index contributed by atoms with van der Waals surface area (Å²) in [6.45, 7) is -0.329. The van der Waals surface area contributed by atoms with Gasteiger partial charge in [0.25, 0.3) is 0 Å². The SMILES string of the molecule is O=C(Cn1c2c(sc1=O)C(c1ccc(F)cc1)C1C(=O)N(c3ccc(Br)cc3)C(=O)C1S2)Nc1ccc(Cl)c(Cl)c1. The number of fused-ring (bicyclic) bond motifs is 2. The van der Waals surface area contributed by atoms with Crippen molar-refractivity contribution in [3.63, 3.8) is 0 Å². The van der Waals surface area contributed by atoms with Crippen LogP contribution in [-0.4, -0.2) is 27.5 Å². The second-order valence-electron chi connectivity index (χ2n) is 9.38. The number of imide groups is 1. The first kappa shape index (κ1) is 28.2. The quantitative estimate of drug-likeness (QED) is 0.240. The van der Waals surface area contributed by atoms with Gasteiger partial charge in [0, 0.05) is 21.0 Å². The number of amides is 3. The van der Waals surface area contributed by atoms with Gasteiger partial charge in [0.15, 0.2) is 0 Å². The number of anilines is 2. The van der Waals surface area contributed by atoms with Gasteiger partial charge in [-0.2, -0.15) is 0 Å². The maximum atomic E-state index is 13.9. The van der Waals surface area contributed by atoms with E-state index in [0.29, 0.717) is 31.9 Å². The standard InChI is InChI=1S/C28H17BrCl2FN3O4S2/c29-14-3-8-17(9-4-14)35-25(37)22-21(13-1-5-15(32)6-2-13)24-27(40-23(22)26(35)38)34(28(39)41-24)12-20(36)33-16-7-10-18(30)19(31)11-16/h1-11,21-23H,12H2,(H,33,36). The third-order valence-corrected chi connectivity index (χ3v) is 10.7. The normalized spacial score (nSPS) is 19.7. The lowest BCUT2D eigenvalue weighted by Gasteiger charge is -2.30. The molecule has 7 nitrogen and oxygen atoms in total. The molecule has 0 aliphatic carbocycles. The van der Waals surface area contributed by atoms with Crippen molar-refractivity contribution >= 4 is 91.3 Å². The van der Waals surface area contributed by atoms with Gasteiger partial charge in [0.05, 0.1) is 26.7 Å². The fourth-order valence-corrected chi connectivity index (χ4v) is 8.38. The van der Waals surface area contributed by atoms with Crippen molar-refractivity contribution in [1.29, 1.82) is 0 Å². The Labute approximate surface area is 259 Å². The highest BCUT2D eigenvalue weighted by Crippen LogP contribution is 2.53. The van der Waals surface area contributed by atoms with Gasteiger partial charge < -0.3 is 5.32 Å². The van der Waals surface area contributed by atoms with Crippen LogP contribution in [0.15, 0.2) is 81.0 Å². The van der Waals surface area contributed by atoms with Gasteiger partial charge in [0.1, 0.15) is 17.6 Å². The van der Waals surface area contributed by atoms with Crippen molar-refractivity contribution < 1.29 is 18.8 Å². The molecule has 2 aliphatic rings. The molecule has 2 aliphatic heterocycles. The van der Waals surface area contributed by atoms with Gasteiger partial charge in [0.2, 0.25) is 17.7 Å². The Hall–Kier alpha value is -2.96. The summed E-state index contributed by atoms with van der Waals surface area (Å²) in [5.74, 6) is -3.28. The number of rotatable bonds is 5. The minimum absolute atomic E-state index is 0.262. The van der Waals surface area contributed by atoms with Gasteiger partial charge >= 0.3 is 4.87 Å². The fraction of sp³-hybridized carbons (Fsp3) is 0.143. The highest BCUT2D eigenvalue weighted by molar-refractivity contribution is 9.10. The summed E-state index contributed by atoms with van der Waals surface area (Å²) in [4.78, 5) is 55.1. The van der Waals surface area contributed by atoms with Crippen LogP contribution in [0.4, 0.5) is 15.8 Å². The van der Waals surface area contributed by atoms with E-state index in [1.165, 1.54) is 27.7 Å². The van der Waals surface area contributed by atoms with Crippen molar-refractivity contribution in [2.24, 2.45) is 5.92 Å². The Kier molecular flexibility index (Phi) is 7.58. The number of benzene rings is 3. The molecule has 3 heterocycles. The molecule has 3 atom stereocenters. The van der Waals surface area contributed by atoms with Gasteiger partial charge in [-0.1, -0.05) is 74.4 Å². The van der Waals surface area contributed by atoms with Crippen molar-refractivity contribution in [3.05, 3.63) is 107 Å². The molecule has 1 saturated heterocycles. The molecule has 3 aromatic carbocycles. The average molecular weight is 693 g/mol. The predicted octanol–water partition coefficient (Wildman–Crippen LogP) is 6.55. The third kappa shape index (κ3) is 5.14. The zero-order valence-electron chi connectivity index (χ0n) is 20.6. The topological polar surface area (TPSA) is 88.5 Å². The minimum atomic E-state index is -0.855. The second-order valence-corrected chi connectivity index (χ2v) is 13.2. The van der Waals surface area contributed by atoms with E-state index >= 15 is 0 Å². The highest BCUT2D eigenvalue weighted by Gasteiger charge is 2.56. The van der Waals surface area contributed by atoms with E-state index in [0.717, 1.165) is 27.6 Å². The van der Waals surface area contributed by atoms with Crippen LogP contribution in [-0.2, 0) is 20.9 Å². The Balaban J connectivity index is 1.40. The number of thiazole rings is 1. The summed E-state index contributed by atoms with van der Waals surface area (Å²) in [6.07, 6.45) is 0. The Morgan fingerprint density at radius 1 is 0.951 bits per heavy atom. The number of aromatic nitrogens is 1. The molecular weight excluding hydrogens is 676 g/mol. The average Bonchev–Trinajstić information content (AvgIpc) is 3.38. The van der Waals surface area contributed by atoms with Crippen LogP contribution < -0.4 is 15.1 Å². The molecule has 1 N–H and O–H groups in total. The van der Waals surface area contributed by atoms with Gasteiger partial charge in [-0.3, -0.25) is 23.7 Å². The maximum absolute atomic E-state index is 13.9. The Morgan fingerprint density at radius 3 is 2.34 bits per heavy atom. The summed E-state index contributed by atoms with van der Waals surface area (Å²) >= 11 is 17.4. The first-order valence-electron chi connectivity index (χ1n) is 12.2. The molecule has 0 saturated carbocycles. The van der Waals surface area contributed by atoms with E-state index in [2.05, 4.69) is 21.2 Å². The van der Waals surface area contributed by atoms with Crippen molar-refractivity contribution in [2.45, 2.75) is 22.7 Å². The van der Waals surface area contributed by atoms with Crippen molar-refractivity contribution in [2.75, 3.05) is 10.2 Å². The van der Waals surface area contributed by atoms with E-state index in [9.17, 15) is 23.6 Å². The number of nitrogens with zero attached hydrogens (tertiary/aromatic N) is 2. The molecule has 1 aromatic heterocycles. The number of nitrogens with one attached hydrogen (secondary N) is 1. The van der Waals surface area contributed by atoms with E-state index in [-0.39, 0.29) is 11.6 Å². The Morgan fingerprint density at radius 2 is 1.66 bits per heavy atom. The van der Waals surface area contributed by atoms with Crippen LogP contribution in [0.1, 0.15) is 16.4 Å². The molecule has 4 aromatic rings. The summed E-state index contributed by atoms with van der Waals surface area (Å²) in [5, 5.41) is 2.87. The number of hydrogen-bond acceptors (Lipinski definition) is 6. The van der Waals surface area contributed by atoms with Crippen LogP contribution in [0.2, 0.25) is 10.0 Å². The number of carbonyl (C=O) groups excluding carboxylic acids is 3. The maximum Gasteiger partial charge on any atom is 0.308 e. The smallest absolute Gasteiger partial charge is 0.308 e. The first-order chi connectivity index (χ1) is 19.6. The largest absolute Gasteiger partial charge is 0.324 e. The minimum Gasteiger partial charge on any atom is -0.324 e. The van der Waals surface area contributed by atoms with E-state index in [4.69, 9.17) is 23.2 Å². The lowest BCUT2D eigenvalue weighted by atomic mass is 9.83. The first-order valence-corrected chi connectivity index (χ1v) is 15.4. The van der Waals surface area contributed by atoms with Crippen molar-refractivity contribution in [1.82, 2.24) is 4.57 Å². The fourth-order valence-electron chi connectivity index (χ4n) is 5.05. The Bertz CT molecular complexity index is 1780. The second kappa shape index (κ2) is 11.0. The van der Waals surface area contributed by atoms with Crippen LogP contribution in [0.5, 0.6) is 0 Å². The molecule has 6 rings (SSSR count). The monoisotopic (exact) mass is 691 g/mol. The number of carbonyl (C=O) groups is 3. The lowest BCUT2D eigenvalue weighted by Crippen LogP contribution is -2.33. The molecular formula is C28H17BrCl2FN3O4S2. The zero-order chi connectivity index (χ0) is 29.0. The zero-order valence-corrected chi connectivity index (χ0v) is 25.4. The van der Waals surface area contributed by atoms with E-state index in [1.54, 1.807) is 48.5 Å². The lowest BCUT2D eigenvalue weighted by molar-refractivity contribution is -0.122. The summed E-state index contributed by atoms with van der Waals surface area (Å²) in [6, 6.07) is 17.1. The predicted molar refractivity (Wildman–Crippen MR) is 162 cm³/mol. The highest BCUT2D eigenvalue weighted by atomic mass is 79.9. The molecule has 0 spiro atoms. The van der Waals surface area contributed by atoms with Gasteiger partial charge in [-0.05, 0) is 60.2 Å². The molecule has 3 amide bonds. The van der Waals surface area contributed by atoms with E-state index < -0.39 is 45.5 Å². The molecule has 41 heavy (non-hydrogen) atoms. The number of halogens is 4. The van der Waals surface area contributed by atoms with Crippen molar-refractivity contribution in [3.8, 4) is 0 Å².